The van der Waals surface area contributed by atoms with Gasteiger partial charge in [-0.3, -0.25) is 4.98 Å². The lowest BCUT2D eigenvalue weighted by Gasteiger charge is -2.07. The molecule has 21 heavy (non-hydrogen) atoms. The first kappa shape index (κ1) is 14.0. The summed E-state index contributed by atoms with van der Waals surface area (Å²) in [5.74, 6) is 1.40. The standard InChI is InChI=1S/C17H21N3O/c1-2-8-18-10-15-11-20-17(12-19-15)21-16-7-6-13-4-3-5-14(13)9-16/h6-7,9,11-12,18H,2-5,8,10H2,1H3. The molecule has 2 aromatic rings. The van der Waals surface area contributed by atoms with E-state index in [0.717, 1.165) is 37.4 Å². The summed E-state index contributed by atoms with van der Waals surface area (Å²) in [6.07, 6.45) is 8.17. The molecule has 0 unspecified atom stereocenters. The van der Waals surface area contributed by atoms with E-state index in [0.29, 0.717) is 5.88 Å². The molecule has 1 aliphatic rings. The Hall–Kier alpha value is -1.94. The number of aromatic nitrogens is 2. The van der Waals surface area contributed by atoms with Gasteiger partial charge in [0.05, 0.1) is 18.1 Å². The van der Waals surface area contributed by atoms with Gasteiger partial charge in [-0.05, 0) is 55.5 Å². The van der Waals surface area contributed by atoms with Crippen LogP contribution in [0.25, 0.3) is 0 Å². The van der Waals surface area contributed by atoms with Gasteiger partial charge >= 0.3 is 0 Å². The number of ether oxygens (including phenoxy) is 1. The summed E-state index contributed by atoms with van der Waals surface area (Å²) in [5.41, 5.74) is 3.79. The molecular weight excluding hydrogens is 262 g/mol. The first-order valence-corrected chi connectivity index (χ1v) is 7.66. The van der Waals surface area contributed by atoms with Crippen LogP contribution in [0.15, 0.2) is 30.6 Å². The van der Waals surface area contributed by atoms with Crippen molar-refractivity contribution in [1.82, 2.24) is 15.3 Å². The normalized spacial score (nSPS) is 13.2. The third-order valence-corrected chi connectivity index (χ3v) is 3.71. The largest absolute Gasteiger partial charge is 0.437 e. The molecule has 3 rings (SSSR count). The maximum absolute atomic E-state index is 5.79. The molecule has 1 heterocycles. The molecule has 0 radical (unpaired) electrons. The van der Waals surface area contributed by atoms with Crippen LogP contribution in [0.1, 0.15) is 36.6 Å². The highest BCUT2D eigenvalue weighted by Crippen LogP contribution is 2.28. The Morgan fingerprint density at radius 3 is 2.86 bits per heavy atom. The van der Waals surface area contributed by atoms with Gasteiger partial charge in [0.1, 0.15) is 5.75 Å². The van der Waals surface area contributed by atoms with Crippen molar-refractivity contribution in [1.29, 1.82) is 0 Å². The van der Waals surface area contributed by atoms with Gasteiger partial charge in [-0.15, -0.1) is 0 Å². The predicted molar refractivity (Wildman–Crippen MR) is 82.6 cm³/mol. The Morgan fingerprint density at radius 1 is 1.14 bits per heavy atom. The summed E-state index contributed by atoms with van der Waals surface area (Å²) in [6, 6.07) is 6.30. The fraction of sp³-hybridized carbons (Fsp3) is 0.412. The van der Waals surface area contributed by atoms with Crippen LogP contribution in [0.4, 0.5) is 0 Å². The number of rotatable bonds is 6. The van der Waals surface area contributed by atoms with E-state index in [1.54, 1.807) is 12.4 Å². The quantitative estimate of drug-likeness (QED) is 0.827. The zero-order valence-electron chi connectivity index (χ0n) is 12.4. The highest BCUT2D eigenvalue weighted by Gasteiger charge is 2.11. The second-order valence-corrected chi connectivity index (χ2v) is 5.41. The first-order chi connectivity index (χ1) is 10.3. The summed E-state index contributed by atoms with van der Waals surface area (Å²) in [6.45, 7) is 3.89. The zero-order chi connectivity index (χ0) is 14.5. The number of hydrogen-bond donors (Lipinski definition) is 1. The van der Waals surface area contributed by atoms with Crippen LogP contribution in [0, 0.1) is 0 Å². The van der Waals surface area contributed by atoms with E-state index in [1.165, 1.54) is 24.0 Å². The first-order valence-electron chi connectivity index (χ1n) is 7.66. The third kappa shape index (κ3) is 3.58. The average Bonchev–Trinajstić information content (AvgIpc) is 2.97. The minimum atomic E-state index is 0.548. The molecule has 1 aliphatic carbocycles. The van der Waals surface area contributed by atoms with Gasteiger partial charge in [-0.25, -0.2) is 4.98 Å². The van der Waals surface area contributed by atoms with E-state index < -0.39 is 0 Å². The molecule has 1 aromatic heterocycles. The van der Waals surface area contributed by atoms with Crippen molar-refractivity contribution in [3.8, 4) is 11.6 Å². The zero-order valence-corrected chi connectivity index (χ0v) is 12.4. The van der Waals surface area contributed by atoms with Gasteiger partial charge in [-0.1, -0.05) is 13.0 Å². The van der Waals surface area contributed by atoms with Crippen LogP contribution in [-0.2, 0) is 19.4 Å². The minimum absolute atomic E-state index is 0.548. The highest BCUT2D eigenvalue weighted by molar-refractivity contribution is 5.39. The van der Waals surface area contributed by atoms with Crippen LogP contribution in [-0.4, -0.2) is 16.5 Å². The van der Waals surface area contributed by atoms with Crippen molar-refractivity contribution in [3.63, 3.8) is 0 Å². The molecule has 1 aromatic carbocycles. The van der Waals surface area contributed by atoms with Crippen LogP contribution in [0.2, 0.25) is 0 Å². The number of aryl methyl sites for hydroxylation is 2. The molecule has 1 N–H and O–H groups in total. The molecule has 4 nitrogen and oxygen atoms in total. The van der Waals surface area contributed by atoms with E-state index in [1.807, 2.05) is 6.07 Å². The average molecular weight is 283 g/mol. The maximum atomic E-state index is 5.79. The molecule has 0 fully saturated rings. The molecular formula is C17H21N3O. The van der Waals surface area contributed by atoms with E-state index in [9.17, 15) is 0 Å². The fourth-order valence-electron chi connectivity index (χ4n) is 2.61. The Kier molecular flexibility index (Phi) is 4.46. The van der Waals surface area contributed by atoms with Crippen molar-refractivity contribution in [3.05, 3.63) is 47.4 Å². The number of benzene rings is 1. The minimum Gasteiger partial charge on any atom is -0.437 e. The monoisotopic (exact) mass is 283 g/mol. The summed E-state index contributed by atoms with van der Waals surface area (Å²) in [5, 5.41) is 3.31. The Bertz CT molecular complexity index is 595. The SMILES string of the molecule is CCCNCc1cnc(Oc2ccc3c(c2)CCC3)cn1. The highest BCUT2D eigenvalue weighted by atomic mass is 16.5. The van der Waals surface area contributed by atoms with Crippen LogP contribution in [0.5, 0.6) is 11.6 Å². The Labute approximate surface area is 125 Å². The lowest BCUT2D eigenvalue weighted by molar-refractivity contribution is 0.458. The number of fused-ring (bicyclic) bond motifs is 1. The van der Waals surface area contributed by atoms with E-state index in [2.05, 4.69) is 34.3 Å². The van der Waals surface area contributed by atoms with Gasteiger partial charge in [0, 0.05) is 6.54 Å². The van der Waals surface area contributed by atoms with Crippen LogP contribution >= 0.6 is 0 Å². The molecule has 0 saturated heterocycles. The number of nitrogens with zero attached hydrogens (tertiary/aromatic N) is 2. The lowest BCUT2D eigenvalue weighted by atomic mass is 10.1. The molecule has 0 saturated carbocycles. The van der Waals surface area contributed by atoms with Gasteiger partial charge < -0.3 is 10.1 Å². The van der Waals surface area contributed by atoms with Crippen molar-refractivity contribution in [2.45, 2.75) is 39.2 Å². The van der Waals surface area contributed by atoms with Crippen LogP contribution in [0.3, 0.4) is 0 Å². The van der Waals surface area contributed by atoms with Gasteiger partial charge in [0.15, 0.2) is 0 Å². The molecule has 0 spiro atoms. The summed E-state index contributed by atoms with van der Waals surface area (Å²) in [7, 11) is 0. The van der Waals surface area contributed by atoms with E-state index >= 15 is 0 Å². The Balaban J connectivity index is 1.62. The van der Waals surface area contributed by atoms with Crippen molar-refractivity contribution < 1.29 is 4.74 Å². The lowest BCUT2D eigenvalue weighted by Crippen LogP contribution is -2.14. The summed E-state index contributed by atoms with van der Waals surface area (Å²) < 4.78 is 5.79. The molecule has 0 bridgehead atoms. The fourth-order valence-corrected chi connectivity index (χ4v) is 2.61. The van der Waals surface area contributed by atoms with Gasteiger partial charge in [0.2, 0.25) is 5.88 Å². The molecule has 4 heteroatoms. The predicted octanol–water partition coefficient (Wildman–Crippen LogP) is 3.26. The number of hydrogen-bond acceptors (Lipinski definition) is 4. The smallest absolute Gasteiger partial charge is 0.237 e. The van der Waals surface area contributed by atoms with E-state index in [4.69, 9.17) is 4.74 Å². The second-order valence-electron chi connectivity index (χ2n) is 5.41. The van der Waals surface area contributed by atoms with Gasteiger partial charge in [0.25, 0.3) is 0 Å². The maximum Gasteiger partial charge on any atom is 0.237 e. The third-order valence-electron chi connectivity index (χ3n) is 3.71. The van der Waals surface area contributed by atoms with Crippen molar-refractivity contribution in [2.75, 3.05) is 6.54 Å². The molecule has 110 valence electrons. The summed E-state index contributed by atoms with van der Waals surface area (Å²) in [4.78, 5) is 8.69. The molecule has 0 atom stereocenters. The van der Waals surface area contributed by atoms with E-state index in [-0.39, 0.29) is 0 Å². The molecule has 0 amide bonds. The topological polar surface area (TPSA) is 47.0 Å². The Morgan fingerprint density at radius 2 is 2.05 bits per heavy atom. The van der Waals surface area contributed by atoms with Crippen molar-refractivity contribution >= 4 is 0 Å². The van der Waals surface area contributed by atoms with Gasteiger partial charge in [-0.2, -0.15) is 0 Å². The summed E-state index contributed by atoms with van der Waals surface area (Å²) >= 11 is 0. The number of nitrogens with one attached hydrogen (secondary N) is 1. The van der Waals surface area contributed by atoms with Crippen molar-refractivity contribution in [2.24, 2.45) is 0 Å². The molecule has 0 aliphatic heterocycles. The van der Waals surface area contributed by atoms with Crippen LogP contribution < -0.4 is 10.1 Å². The second kappa shape index (κ2) is 6.68.